The Labute approximate surface area is 37.4 Å². The quantitative estimate of drug-likeness (QED) is 0.262. The standard InChI is InChI=1S/C2H5O2.CH3O.2Rf/c1-3-4-2;1-2;;/h1H2,2H3;2H,1H2;;/q2*-1;;. The first-order valence-electron chi connectivity index (χ1n) is 1.18. The second-order valence-electron chi connectivity index (χ2n) is 0.285. The minimum atomic E-state index is 0. The van der Waals surface area contributed by atoms with E-state index in [1.54, 1.807) is 0 Å². The number of hydrogen-bond acceptors (Lipinski definition) is 3. The molecule has 0 saturated heterocycles. The van der Waals surface area contributed by atoms with Crippen LogP contribution in [0.2, 0.25) is 0 Å². The molecule has 0 fully saturated rings. The van der Waals surface area contributed by atoms with E-state index in [2.05, 4.69) is 24.0 Å². The van der Waals surface area contributed by atoms with Gasteiger partial charge in [-0.05, 0) is 0 Å². The SMILES string of the molecule is [CH2-]O.[CH2-]OOC.[Rf].[Rf]. The van der Waals surface area contributed by atoms with Gasteiger partial charge in [0.15, 0.2) is 0 Å². The van der Waals surface area contributed by atoms with Gasteiger partial charge in [0.05, 0.1) is 7.11 Å². The predicted octanol–water partition coefficient (Wildman–Crippen LogP) is 0.506. The van der Waals surface area contributed by atoms with E-state index < -0.39 is 0 Å². The largest absolute Gasteiger partial charge is 0.569 e. The average Bonchev–Trinajstić information content (AvgIpc) is 1.72. The second-order valence-corrected chi connectivity index (χ2v) is 0.285. The van der Waals surface area contributed by atoms with Crippen LogP contribution >= 0.6 is 0 Å². The van der Waals surface area contributed by atoms with Gasteiger partial charge >= 0.3 is 0 Å². The average molecular weight is 626 g/mol. The van der Waals surface area contributed by atoms with Crippen molar-refractivity contribution < 1.29 is 14.9 Å². The fourth-order valence-electron chi connectivity index (χ4n) is 0. The van der Waals surface area contributed by atoms with Crippen molar-refractivity contribution in [2.75, 3.05) is 7.11 Å². The van der Waals surface area contributed by atoms with Crippen molar-refractivity contribution in [1.29, 1.82) is 0 Å². The van der Waals surface area contributed by atoms with Gasteiger partial charge in [-0.15, -0.1) is 0 Å². The van der Waals surface area contributed by atoms with Gasteiger partial charge in [-0.3, -0.25) is 4.89 Å². The molecule has 0 radical (unpaired) electrons. The third-order valence-electron chi connectivity index (χ3n) is 0.118. The van der Waals surface area contributed by atoms with Gasteiger partial charge in [-0.1, -0.05) is 0 Å². The molecule has 0 aromatic heterocycles. The fraction of sp³-hybridized carbons (Fsp3) is 0.333. The molecule has 0 rings (SSSR count). The van der Waals surface area contributed by atoms with E-state index in [9.17, 15) is 0 Å². The van der Waals surface area contributed by atoms with Crippen LogP contribution < -0.4 is 0 Å². The van der Waals surface area contributed by atoms with Gasteiger partial charge in [0.1, 0.15) is 0 Å². The molecule has 0 atom stereocenters. The van der Waals surface area contributed by atoms with Crippen LogP contribution in [0.3, 0.4) is 0 Å². The zero-order chi connectivity index (χ0) is 5.41. The summed E-state index contributed by atoms with van der Waals surface area (Å²) < 4.78 is 0. The summed E-state index contributed by atoms with van der Waals surface area (Å²) in [6.07, 6.45) is 0. The van der Waals surface area contributed by atoms with Gasteiger partial charge in [-0.25, -0.2) is 7.11 Å². The molecular weight excluding hydrogens is 618 g/mol. The van der Waals surface area contributed by atoms with Crippen LogP contribution in [0.5, 0.6) is 0 Å². The molecule has 0 heterocycles. The summed E-state index contributed by atoms with van der Waals surface area (Å²) in [5.41, 5.74) is 0. The molecule has 0 aliphatic rings. The summed E-state index contributed by atoms with van der Waals surface area (Å²) in [4.78, 5) is 7.72. The first kappa shape index (κ1) is 39.6. The van der Waals surface area contributed by atoms with Crippen molar-refractivity contribution in [1.82, 2.24) is 0 Å². The van der Waals surface area contributed by atoms with Gasteiger partial charge in [0.2, 0.25) is 0 Å². The molecule has 0 aliphatic heterocycles. The van der Waals surface area contributed by atoms with Crippen LogP contribution in [-0.2, 0) is 9.78 Å². The van der Waals surface area contributed by atoms with E-state index in [0.717, 1.165) is 0 Å². The van der Waals surface area contributed by atoms with Gasteiger partial charge in [0, 0.05) is 0 Å². The first-order valence-corrected chi connectivity index (χ1v) is 1.18. The van der Waals surface area contributed by atoms with Crippen LogP contribution in [0.15, 0.2) is 0 Å². The summed E-state index contributed by atoms with van der Waals surface area (Å²) in [5, 5.41) is 6.75. The molecule has 0 spiro atoms. The Morgan fingerprint density at radius 3 is 1.38 bits per heavy atom. The molecule has 0 amide bonds. The number of aliphatic hydroxyl groups is 1. The van der Waals surface area contributed by atoms with Crippen molar-refractivity contribution in [3.8, 4) is 0 Å². The molecule has 8 heavy (non-hydrogen) atoms. The van der Waals surface area contributed by atoms with Crippen LogP contribution in [-0.4, -0.2) is 12.2 Å². The van der Waals surface area contributed by atoms with Gasteiger partial charge < -0.3 is 9.99 Å². The Morgan fingerprint density at radius 1 is 1.25 bits per heavy atom. The summed E-state index contributed by atoms with van der Waals surface area (Å²) in [6, 6.07) is 0. The Balaban J connectivity index is -0.0000000183. The Hall–Kier alpha value is -2.12. The van der Waals surface area contributed by atoms with Crippen molar-refractivity contribution in [2.45, 2.75) is 0 Å². The fourth-order valence-corrected chi connectivity index (χ4v) is 0. The Kier molecular flexibility index (Phi) is 25300. The van der Waals surface area contributed by atoms with E-state index in [1.165, 1.54) is 7.11 Å². The molecule has 0 unspecified atom stereocenters. The van der Waals surface area contributed by atoms with Crippen LogP contribution in [0.4, 0.5) is 0 Å². The molecule has 1 N–H and O–H groups in total. The van der Waals surface area contributed by atoms with Crippen molar-refractivity contribution in [3.05, 3.63) is 14.2 Å². The van der Waals surface area contributed by atoms with Crippen LogP contribution in [0.1, 0.15) is 0 Å². The molecule has 44 valence electrons. The predicted molar refractivity (Wildman–Crippen MR) is 20.7 cm³/mol. The second kappa shape index (κ2) is 5100. The summed E-state index contributed by atoms with van der Waals surface area (Å²) in [6.45, 7) is 0. The topological polar surface area (TPSA) is 38.7 Å². The van der Waals surface area contributed by atoms with Gasteiger partial charge in [-0.2, -0.15) is 7.11 Å². The normalized spacial score (nSPS) is 4.50. The van der Waals surface area contributed by atoms with E-state index in [-0.39, 0.29) is 0 Å². The molecule has 3 nitrogen and oxygen atoms in total. The molecule has 5 heteroatoms. The van der Waals surface area contributed by atoms with E-state index >= 15 is 0 Å². The molecular formula is C3H8O3Rf2-2. The number of hydrogen-bond donors (Lipinski definition) is 1. The van der Waals surface area contributed by atoms with Crippen molar-refractivity contribution >= 4 is 0 Å². The molecule has 0 bridgehead atoms. The summed E-state index contributed by atoms with van der Waals surface area (Å²) >= 11 is 0. The third kappa shape index (κ3) is 25.7. The molecule has 0 saturated carbocycles. The van der Waals surface area contributed by atoms with Crippen molar-refractivity contribution in [3.63, 3.8) is 0 Å². The van der Waals surface area contributed by atoms with Crippen molar-refractivity contribution in [2.24, 2.45) is 0 Å². The minimum absolute atomic E-state index is 0. The maximum Gasteiger partial charge on any atom is 0.0677 e. The van der Waals surface area contributed by atoms with Gasteiger partial charge in [0.25, 0.3) is 0 Å². The van der Waals surface area contributed by atoms with E-state index in [4.69, 9.17) is 5.11 Å². The van der Waals surface area contributed by atoms with E-state index in [1.807, 2.05) is 0 Å². The minimum Gasteiger partial charge on any atom is -0.569 e. The first-order chi connectivity index (χ1) is 2.91. The Morgan fingerprint density at radius 2 is 1.38 bits per heavy atom. The monoisotopic (exact) mass is 626 g/mol. The van der Waals surface area contributed by atoms with Crippen LogP contribution in [0.25, 0.3) is 0 Å². The molecule has 0 aliphatic carbocycles. The van der Waals surface area contributed by atoms with Crippen LogP contribution in [0, 0.1) is 14.2 Å². The summed E-state index contributed by atoms with van der Waals surface area (Å²) in [7, 11) is 6.53. The Bertz CT molecular complexity index is 14.5. The zero-order valence-corrected chi connectivity index (χ0v) is 17.9. The zero-order valence-electron chi connectivity index (χ0n) is 5.09. The molecule has 0 aromatic rings. The maximum absolute atomic E-state index is 6.75. The maximum atomic E-state index is 6.75. The number of aliphatic hydroxyl groups excluding tert-OH is 1. The number of rotatable bonds is 1. The van der Waals surface area contributed by atoms with E-state index in [0.29, 0.717) is 0 Å². The molecule has 0 aromatic carbocycles. The third-order valence-corrected chi connectivity index (χ3v) is 0.118. The smallest absolute Gasteiger partial charge is 0.0677 e. The summed E-state index contributed by atoms with van der Waals surface area (Å²) in [5.74, 6) is 0.